The van der Waals surface area contributed by atoms with Crippen molar-refractivity contribution in [1.82, 2.24) is 20.4 Å². The molecule has 1 saturated carbocycles. The summed E-state index contributed by atoms with van der Waals surface area (Å²) in [4.78, 5) is 25.4. The Kier molecular flexibility index (Phi) is 4.73. The van der Waals surface area contributed by atoms with Crippen LogP contribution >= 0.6 is 0 Å². The number of benzene rings is 2. The van der Waals surface area contributed by atoms with Crippen LogP contribution in [0.2, 0.25) is 0 Å². The van der Waals surface area contributed by atoms with Crippen molar-refractivity contribution in [1.29, 1.82) is 0 Å². The third-order valence-electron chi connectivity index (χ3n) is 6.10. The minimum atomic E-state index is -0.245. The first-order valence-electron chi connectivity index (χ1n) is 10.7. The van der Waals surface area contributed by atoms with Gasteiger partial charge in [-0.3, -0.25) is 9.59 Å². The molecule has 2 aromatic carbocycles. The van der Waals surface area contributed by atoms with Crippen molar-refractivity contribution in [2.75, 3.05) is 5.73 Å². The number of nitrogens with zero attached hydrogens (tertiary/aromatic N) is 2. The molecule has 2 aliphatic carbocycles. The molecule has 7 heteroatoms. The molecule has 7 nitrogen and oxygen atoms in total. The Balaban J connectivity index is 1.39. The van der Waals surface area contributed by atoms with E-state index in [2.05, 4.69) is 27.9 Å². The van der Waals surface area contributed by atoms with Gasteiger partial charge in [-0.05, 0) is 61.4 Å². The Morgan fingerprint density at radius 3 is 2.68 bits per heavy atom. The lowest BCUT2D eigenvalue weighted by atomic mass is 10.1. The predicted molar refractivity (Wildman–Crippen MR) is 118 cm³/mol. The summed E-state index contributed by atoms with van der Waals surface area (Å²) >= 11 is 0. The molecular weight excluding hydrogens is 390 g/mol. The van der Waals surface area contributed by atoms with E-state index in [0.717, 1.165) is 36.8 Å². The van der Waals surface area contributed by atoms with E-state index in [1.807, 2.05) is 25.1 Å². The van der Waals surface area contributed by atoms with E-state index in [-0.39, 0.29) is 29.7 Å². The Labute approximate surface area is 180 Å². The number of anilines is 1. The van der Waals surface area contributed by atoms with Gasteiger partial charge in [0.05, 0.1) is 17.9 Å². The monoisotopic (exact) mass is 415 g/mol. The van der Waals surface area contributed by atoms with Gasteiger partial charge in [-0.15, -0.1) is 0 Å². The number of carbonyl (C=O) groups is 2. The second-order valence-corrected chi connectivity index (χ2v) is 8.37. The lowest BCUT2D eigenvalue weighted by Crippen LogP contribution is -2.27. The lowest BCUT2D eigenvalue weighted by molar-refractivity contribution is 0.0933. The number of carbonyl (C=O) groups excluding carboxylic acids is 2. The molecule has 3 aromatic rings. The van der Waals surface area contributed by atoms with Crippen molar-refractivity contribution >= 4 is 17.6 Å². The fraction of sp³-hybridized carbons (Fsp3) is 0.292. The summed E-state index contributed by atoms with van der Waals surface area (Å²) in [5.74, 6) is -0.0929. The highest BCUT2D eigenvalue weighted by molar-refractivity contribution is 5.99. The Bertz CT molecular complexity index is 1180. The van der Waals surface area contributed by atoms with Crippen LogP contribution in [-0.4, -0.2) is 27.6 Å². The molecule has 1 aromatic heterocycles. The van der Waals surface area contributed by atoms with Crippen LogP contribution in [0.5, 0.6) is 0 Å². The number of hydrogen-bond acceptors (Lipinski definition) is 4. The van der Waals surface area contributed by atoms with Crippen molar-refractivity contribution in [3.05, 3.63) is 76.5 Å². The van der Waals surface area contributed by atoms with Crippen LogP contribution < -0.4 is 16.4 Å². The summed E-state index contributed by atoms with van der Waals surface area (Å²) in [6, 6.07) is 13.9. The zero-order chi connectivity index (χ0) is 21.5. The van der Waals surface area contributed by atoms with E-state index in [1.54, 1.807) is 12.1 Å². The molecule has 0 spiro atoms. The van der Waals surface area contributed by atoms with Gasteiger partial charge in [-0.2, -0.15) is 5.10 Å². The van der Waals surface area contributed by atoms with Gasteiger partial charge in [-0.25, -0.2) is 4.68 Å². The number of nitrogens with two attached hydrogens (primary N) is 1. The third-order valence-corrected chi connectivity index (χ3v) is 6.10. The van der Waals surface area contributed by atoms with Gasteiger partial charge in [-0.1, -0.05) is 30.3 Å². The Morgan fingerprint density at radius 2 is 1.87 bits per heavy atom. The highest BCUT2D eigenvalue weighted by Gasteiger charge is 2.27. The van der Waals surface area contributed by atoms with Crippen molar-refractivity contribution in [2.24, 2.45) is 0 Å². The molecule has 0 bridgehead atoms. The topological polar surface area (TPSA) is 102 Å². The third kappa shape index (κ3) is 3.67. The summed E-state index contributed by atoms with van der Waals surface area (Å²) in [5.41, 5.74) is 11.2. The number of amides is 2. The number of hydrogen-bond donors (Lipinski definition) is 3. The molecule has 31 heavy (non-hydrogen) atoms. The molecule has 5 rings (SSSR count). The minimum Gasteiger partial charge on any atom is -0.383 e. The zero-order valence-corrected chi connectivity index (χ0v) is 17.4. The molecule has 2 amide bonds. The number of nitrogens with one attached hydrogen (secondary N) is 2. The lowest BCUT2D eigenvalue weighted by Gasteiger charge is -2.14. The average Bonchev–Trinajstić information content (AvgIpc) is 3.37. The normalized spacial score (nSPS) is 17.3. The second kappa shape index (κ2) is 7.58. The van der Waals surface area contributed by atoms with E-state index in [1.165, 1.54) is 16.4 Å². The first kappa shape index (κ1) is 19.4. The van der Waals surface area contributed by atoms with Crippen molar-refractivity contribution in [3.8, 4) is 5.69 Å². The quantitative estimate of drug-likeness (QED) is 0.596. The molecule has 158 valence electrons. The van der Waals surface area contributed by atoms with Crippen LogP contribution in [0.15, 0.2) is 48.7 Å². The standard InChI is InChI=1S/C24H25N5O2/c1-14-6-7-16(23(30)27-17-9-10-17)12-21(14)29-22(25)19(13-26-29)24(31)28-20-11-8-15-4-2-3-5-18(15)20/h2-7,12-13,17,20H,8-11,25H2,1H3,(H,27,30)(H,28,31). The van der Waals surface area contributed by atoms with Crippen LogP contribution in [0.25, 0.3) is 5.69 Å². The smallest absolute Gasteiger partial charge is 0.257 e. The van der Waals surface area contributed by atoms with Gasteiger partial charge in [0.25, 0.3) is 11.8 Å². The van der Waals surface area contributed by atoms with Crippen molar-refractivity contribution < 1.29 is 9.59 Å². The Morgan fingerprint density at radius 1 is 1.06 bits per heavy atom. The molecule has 1 atom stereocenters. The van der Waals surface area contributed by atoms with Gasteiger partial charge in [0.15, 0.2) is 0 Å². The zero-order valence-electron chi connectivity index (χ0n) is 17.4. The molecule has 4 N–H and O–H groups in total. The summed E-state index contributed by atoms with van der Waals surface area (Å²) in [5, 5.41) is 10.4. The number of nitrogen functional groups attached to an aromatic ring is 1. The first-order valence-corrected chi connectivity index (χ1v) is 10.7. The second-order valence-electron chi connectivity index (χ2n) is 8.37. The predicted octanol–water partition coefficient (Wildman–Crippen LogP) is 3.07. The fourth-order valence-corrected chi connectivity index (χ4v) is 4.14. The fourth-order valence-electron chi connectivity index (χ4n) is 4.14. The minimum absolute atomic E-state index is 0.0253. The van der Waals surface area contributed by atoms with Crippen molar-refractivity contribution in [2.45, 2.75) is 44.7 Å². The van der Waals surface area contributed by atoms with Crippen LogP contribution in [0, 0.1) is 6.92 Å². The Hall–Kier alpha value is -3.61. The molecule has 1 fully saturated rings. The number of aromatic nitrogens is 2. The van der Waals surface area contributed by atoms with E-state index >= 15 is 0 Å². The van der Waals surface area contributed by atoms with E-state index < -0.39 is 0 Å². The molecule has 1 heterocycles. The summed E-state index contributed by atoms with van der Waals surface area (Å²) < 4.78 is 1.53. The van der Waals surface area contributed by atoms with Crippen LogP contribution in [0.1, 0.15) is 62.7 Å². The highest BCUT2D eigenvalue weighted by atomic mass is 16.2. The van der Waals surface area contributed by atoms with Gasteiger partial charge in [0.1, 0.15) is 11.4 Å². The SMILES string of the molecule is Cc1ccc(C(=O)NC2CC2)cc1-n1ncc(C(=O)NC2CCc3ccccc32)c1N. The maximum atomic E-state index is 13.0. The van der Waals surface area contributed by atoms with Crippen molar-refractivity contribution in [3.63, 3.8) is 0 Å². The van der Waals surface area contributed by atoms with E-state index in [4.69, 9.17) is 5.73 Å². The number of fused-ring (bicyclic) bond motifs is 1. The van der Waals surface area contributed by atoms with Gasteiger partial charge in [0.2, 0.25) is 0 Å². The summed E-state index contributed by atoms with van der Waals surface area (Å²) in [6.45, 7) is 1.92. The molecular formula is C24H25N5O2. The van der Waals surface area contributed by atoms with Gasteiger partial charge < -0.3 is 16.4 Å². The maximum Gasteiger partial charge on any atom is 0.257 e. The largest absolute Gasteiger partial charge is 0.383 e. The average molecular weight is 415 g/mol. The molecule has 0 aliphatic heterocycles. The maximum absolute atomic E-state index is 13.0. The number of rotatable bonds is 5. The number of aryl methyl sites for hydroxylation is 2. The van der Waals surface area contributed by atoms with E-state index in [0.29, 0.717) is 16.8 Å². The molecule has 1 unspecified atom stereocenters. The first-order chi connectivity index (χ1) is 15.0. The highest BCUT2D eigenvalue weighted by Crippen LogP contribution is 2.31. The van der Waals surface area contributed by atoms with Crippen LogP contribution in [0.3, 0.4) is 0 Å². The van der Waals surface area contributed by atoms with Gasteiger partial charge in [0, 0.05) is 11.6 Å². The van der Waals surface area contributed by atoms with E-state index in [9.17, 15) is 9.59 Å². The molecule has 2 aliphatic rings. The molecule has 0 saturated heterocycles. The summed E-state index contributed by atoms with van der Waals surface area (Å²) in [6.07, 6.45) is 5.37. The van der Waals surface area contributed by atoms with Crippen LogP contribution in [0.4, 0.5) is 5.82 Å². The van der Waals surface area contributed by atoms with Crippen LogP contribution in [-0.2, 0) is 6.42 Å². The van der Waals surface area contributed by atoms with Gasteiger partial charge >= 0.3 is 0 Å². The molecule has 0 radical (unpaired) electrons. The summed E-state index contributed by atoms with van der Waals surface area (Å²) in [7, 11) is 0.